The zero-order chi connectivity index (χ0) is 20.9. The van der Waals surface area contributed by atoms with Crippen LogP contribution in [-0.2, 0) is 20.9 Å². The molecule has 5 fully saturated rings. The molecule has 0 spiro atoms. The molecule has 6 nitrogen and oxygen atoms in total. The van der Waals surface area contributed by atoms with Crippen molar-refractivity contribution < 1.29 is 19.1 Å². The van der Waals surface area contributed by atoms with Crippen molar-refractivity contribution in [2.75, 3.05) is 27.3 Å². The number of ether oxygens (including phenoxy) is 2. The third-order valence-corrected chi connectivity index (χ3v) is 8.13. The number of methoxy groups -OCH3 is 1. The maximum atomic E-state index is 13.1. The molecule has 4 saturated carbocycles. The smallest absolute Gasteiger partial charge is 0.320 e. The fraction of sp³-hybridized carbons (Fsp3) is 0.667. The third-order valence-electron chi connectivity index (χ3n) is 8.13. The molecule has 4 aliphatic carbocycles. The van der Waals surface area contributed by atoms with Crippen LogP contribution in [0.1, 0.15) is 37.7 Å². The Hall–Kier alpha value is -2.08. The number of urea groups is 1. The minimum absolute atomic E-state index is 0.0302. The van der Waals surface area contributed by atoms with E-state index in [2.05, 4.69) is 17.0 Å². The van der Waals surface area contributed by atoms with Crippen LogP contribution in [0.2, 0.25) is 0 Å². The van der Waals surface area contributed by atoms with Crippen molar-refractivity contribution in [2.24, 2.45) is 23.2 Å². The topological polar surface area (TPSA) is 59.1 Å². The minimum atomic E-state index is -0.297. The van der Waals surface area contributed by atoms with Gasteiger partial charge in [-0.15, -0.1) is 0 Å². The van der Waals surface area contributed by atoms with Crippen LogP contribution in [0, 0.1) is 23.2 Å². The Labute approximate surface area is 178 Å². The van der Waals surface area contributed by atoms with Gasteiger partial charge in [0.25, 0.3) is 0 Å². The van der Waals surface area contributed by atoms with Gasteiger partial charge in [0.05, 0.1) is 31.8 Å². The van der Waals surface area contributed by atoms with Crippen LogP contribution in [-0.4, -0.2) is 61.2 Å². The van der Waals surface area contributed by atoms with Gasteiger partial charge >= 0.3 is 12.0 Å². The average Bonchev–Trinajstić information content (AvgIpc) is 3.02. The second-order valence-corrected chi connectivity index (χ2v) is 9.93. The Morgan fingerprint density at radius 2 is 1.83 bits per heavy atom. The highest BCUT2D eigenvalue weighted by Crippen LogP contribution is 2.61. The van der Waals surface area contributed by atoms with Gasteiger partial charge in [0.15, 0.2) is 0 Å². The molecule has 30 heavy (non-hydrogen) atoms. The molecule has 6 heteroatoms. The van der Waals surface area contributed by atoms with Crippen molar-refractivity contribution in [3.63, 3.8) is 0 Å². The first-order valence-electron chi connectivity index (χ1n) is 11.2. The van der Waals surface area contributed by atoms with Gasteiger partial charge in [-0.25, -0.2) is 4.79 Å². The fourth-order valence-corrected chi connectivity index (χ4v) is 7.06. The molecule has 1 saturated heterocycles. The first-order valence-corrected chi connectivity index (χ1v) is 11.2. The first-order chi connectivity index (χ1) is 14.5. The number of nitrogens with zero attached hydrogens (tertiary/aromatic N) is 2. The quantitative estimate of drug-likeness (QED) is 0.673. The fourth-order valence-electron chi connectivity index (χ4n) is 7.06. The molecule has 1 heterocycles. The van der Waals surface area contributed by atoms with Crippen LogP contribution in [0.25, 0.3) is 0 Å². The second-order valence-electron chi connectivity index (χ2n) is 9.93. The number of hydrogen-bond acceptors (Lipinski definition) is 4. The molecule has 0 N–H and O–H groups in total. The Morgan fingerprint density at radius 1 is 1.13 bits per heavy atom. The van der Waals surface area contributed by atoms with Crippen LogP contribution in [0.4, 0.5) is 4.79 Å². The summed E-state index contributed by atoms with van der Waals surface area (Å²) in [4.78, 5) is 29.7. The molecule has 0 aromatic heterocycles. The molecule has 3 atom stereocenters. The molecule has 6 rings (SSSR count). The predicted molar refractivity (Wildman–Crippen MR) is 112 cm³/mol. The Kier molecular flexibility index (Phi) is 5.00. The van der Waals surface area contributed by atoms with Crippen LogP contribution in [0.3, 0.4) is 0 Å². The summed E-state index contributed by atoms with van der Waals surface area (Å²) < 4.78 is 11.1. The van der Waals surface area contributed by atoms with E-state index in [0.717, 1.165) is 44.2 Å². The number of likely N-dealkylation sites (N-methyl/N-ethyl adjacent to an activating group) is 1. The van der Waals surface area contributed by atoms with Crippen molar-refractivity contribution in [3.05, 3.63) is 35.9 Å². The second kappa shape index (κ2) is 7.56. The van der Waals surface area contributed by atoms with Crippen molar-refractivity contribution >= 4 is 12.0 Å². The van der Waals surface area contributed by atoms with Gasteiger partial charge in [0.2, 0.25) is 0 Å². The molecule has 1 aromatic carbocycles. The predicted octanol–water partition coefficient (Wildman–Crippen LogP) is 3.31. The van der Waals surface area contributed by atoms with E-state index in [4.69, 9.17) is 9.47 Å². The average molecular weight is 413 g/mol. The van der Waals surface area contributed by atoms with E-state index in [0.29, 0.717) is 31.0 Å². The lowest BCUT2D eigenvalue weighted by atomic mass is 9.47. The molecule has 1 aliphatic heterocycles. The Morgan fingerprint density at radius 3 is 2.50 bits per heavy atom. The monoisotopic (exact) mass is 412 g/mol. The Balaban J connectivity index is 1.25. The minimum Gasteiger partial charge on any atom is -0.469 e. The number of benzene rings is 1. The van der Waals surface area contributed by atoms with Gasteiger partial charge in [-0.05, 0) is 55.4 Å². The summed E-state index contributed by atoms with van der Waals surface area (Å²) in [7, 11) is 3.41. The number of esters is 1. The van der Waals surface area contributed by atoms with Gasteiger partial charge in [-0.2, -0.15) is 0 Å². The van der Waals surface area contributed by atoms with Crippen molar-refractivity contribution in [2.45, 2.75) is 50.8 Å². The highest BCUT2D eigenvalue weighted by molar-refractivity contribution is 5.79. The normalized spacial score (nSPS) is 37.1. The summed E-state index contributed by atoms with van der Waals surface area (Å²) in [5.74, 6) is 1.41. The van der Waals surface area contributed by atoms with Crippen LogP contribution in [0.15, 0.2) is 30.3 Å². The van der Waals surface area contributed by atoms with Crippen LogP contribution in [0.5, 0.6) is 0 Å². The van der Waals surface area contributed by atoms with Gasteiger partial charge in [-0.1, -0.05) is 30.3 Å². The third kappa shape index (κ3) is 3.20. The zero-order valence-electron chi connectivity index (χ0n) is 18.0. The standard InChI is InChI=1S/C24H32N2O4/c1-25-20(15-30-14-16-6-4-3-5-7-16)13-26(23(25)28)21-18-8-17-9-19(21)12-24(10-17,11-18)22(27)29-2/h3-7,17-21H,8-15H2,1-2H3. The Bertz CT molecular complexity index is 797. The number of carbonyl (C=O) groups is 2. The van der Waals surface area contributed by atoms with Crippen LogP contribution >= 0.6 is 0 Å². The van der Waals surface area contributed by atoms with Crippen LogP contribution < -0.4 is 0 Å². The molecule has 3 unspecified atom stereocenters. The van der Waals surface area contributed by atoms with Crippen molar-refractivity contribution in [3.8, 4) is 0 Å². The molecule has 5 aliphatic rings. The van der Waals surface area contributed by atoms with E-state index >= 15 is 0 Å². The molecule has 1 aromatic rings. The lowest BCUT2D eigenvalue weighted by Gasteiger charge is -2.60. The zero-order valence-corrected chi connectivity index (χ0v) is 18.0. The van der Waals surface area contributed by atoms with E-state index < -0.39 is 0 Å². The molecule has 2 amide bonds. The summed E-state index contributed by atoms with van der Waals surface area (Å²) >= 11 is 0. The molecule has 162 valence electrons. The number of rotatable bonds is 6. The van der Waals surface area contributed by atoms with E-state index in [-0.39, 0.29) is 29.5 Å². The van der Waals surface area contributed by atoms with Gasteiger partial charge < -0.3 is 19.3 Å². The number of hydrogen-bond donors (Lipinski definition) is 0. The highest BCUT2D eigenvalue weighted by Gasteiger charge is 2.61. The summed E-state index contributed by atoms with van der Waals surface area (Å²) in [5.41, 5.74) is 0.852. The summed E-state index contributed by atoms with van der Waals surface area (Å²) in [6.07, 6.45) is 5.01. The van der Waals surface area contributed by atoms with E-state index in [1.807, 2.05) is 30.1 Å². The SMILES string of the molecule is COC(=O)C12CC3CC(C1)C(N1CC(COCc4ccccc4)N(C)C1=O)C(C3)C2. The van der Waals surface area contributed by atoms with Gasteiger partial charge in [0, 0.05) is 19.6 Å². The van der Waals surface area contributed by atoms with Gasteiger partial charge in [0.1, 0.15) is 0 Å². The number of carbonyl (C=O) groups excluding carboxylic acids is 2. The lowest BCUT2D eigenvalue weighted by molar-refractivity contribution is -0.174. The van der Waals surface area contributed by atoms with E-state index in [1.54, 1.807) is 0 Å². The molecule has 4 bridgehead atoms. The van der Waals surface area contributed by atoms with E-state index in [9.17, 15) is 9.59 Å². The largest absolute Gasteiger partial charge is 0.469 e. The first kappa shape index (κ1) is 19.9. The van der Waals surface area contributed by atoms with E-state index in [1.165, 1.54) is 7.11 Å². The number of amides is 2. The lowest BCUT2D eigenvalue weighted by Crippen LogP contribution is -2.61. The highest BCUT2D eigenvalue weighted by atomic mass is 16.5. The molecular formula is C24H32N2O4. The maximum Gasteiger partial charge on any atom is 0.320 e. The van der Waals surface area contributed by atoms with Crippen molar-refractivity contribution in [1.29, 1.82) is 0 Å². The summed E-state index contributed by atoms with van der Waals surface area (Å²) in [6, 6.07) is 10.6. The molecule has 0 radical (unpaired) electrons. The maximum absolute atomic E-state index is 13.1. The van der Waals surface area contributed by atoms with Crippen molar-refractivity contribution in [1.82, 2.24) is 9.80 Å². The summed E-state index contributed by atoms with van der Waals surface area (Å²) in [5, 5.41) is 0. The summed E-state index contributed by atoms with van der Waals surface area (Å²) in [6.45, 7) is 1.83. The van der Waals surface area contributed by atoms with Gasteiger partial charge in [-0.3, -0.25) is 4.79 Å². The molecular weight excluding hydrogens is 380 g/mol.